The third-order valence-corrected chi connectivity index (χ3v) is 9.16. The van der Waals surface area contributed by atoms with Gasteiger partial charge >= 0.3 is 0 Å². The van der Waals surface area contributed by atoms with E-state index in [1.807, 2.05) is 36.4 Å². The minimum atomic E-state index is -0.0518. The molecule has 7 aromatic rings. The first-order valence-electron chi connectivity index (χ1n) is 17.4. The highest BCUT2D eigenvalue weighted by Crippen LogP contribution is 2.39. The molecule has 0 aliphatic carbocycles. The normalized spacial score (nSPS) is 12.0. The van der Waals surface area contributed by atoms with Crippen LogP contribution in [-0.4, -0.2) is 20.9 Å². The van der Waals surface area contributed by atoms with Crippen molar-refractivity contribution in [1.29, 1.82) is 0 Å². The molecule has 0 aliphatic heterocycles. The first-order chi connectivity index (χ1) is 24.2. The molecule has 0 unspecified atom stereocenters. The molecule has 50 heavy (non-hydrogen) atoms. The Morgan fingerprint density at radius 3 is 2.16 bits per heavy atom. The fraction of sp³-hybridized carbons (Fsp3) is 0.174. The molecule has 0 radical (unpaired) electrons. The molecule has 1 aromatic heterocycles. The third-order valence-electron chi connectivity index (χ3n) is 9.16. The number of rotatable bonds is 8. The summed E-state index contributed by atoms with van der Waals surface area (Å²) in [5, 5.41) is 10.7. The van der Waals surface area contributed by atoms with Crippen molar-refractivity contribution in [3.05, 3.63) is 156 Å². The lowest BCUT2D eigenvalue weighted by Crippen LogP contribution is -2.11. The van der Waals surface area contributed by atoms with Crippen molar-refractivity contribution < 1.29 is 5.11 Å². The van der Waals surface area contributed by atoms with Crippen LogP contribution < -0.4 is 0 Å². The number of nitrogens with zero attached hydrogens (tertiary/aromatic N) is 3. The van der Waals surface area contributed by atoms with Crippen molar-refractivity contribution >= 4 is 22.9 Å². The highest BCUT2D eigenvalue weighted by molar-refractivity contribution is 5.97. The van der Waals surface area contributed by atoms with Crippen LogP contribution in [0.2, 0.25) is 0 Å². The molecule has 0 saturated carbocycles. The average molecular weight is 654 g/mol. The van der Waals surface area contributed by atoms with Gasteiger partial charge in [-0.15, -0.1) is 0 Å². The summed E-state index contributed by atoms with van der Waals surface area (Å²) in [5.41, 5.74) is 12.3. The molecule has 1 heterocycles. The van der Waals surface area contributed by atoms with Gasteiger partial charge in [0.1, 0.15) is 11.6 Å². The molecule has 0 aliphatic rings. The van der Waals surface area contributed by atoms with Crippen LogP contribution in [0, 0.1) is 5.92 Å². The van der Waals surface area contributed by atoms with Crippen molar-refractivity contribution in [2.24, 2.45) is 10.9 Å². The van der Waals surface area contributed by atoms with Crippen LogP contribution in [0.25, 0.3) is 50.4 Å². The number of para-hydroxylation sites is 3. The molecule has 0 amide bonds. The number of aliphatic imine (C=N–C) groups is 1. The average Bonchev–Trinajstić information content (AvgIpc) is 3.51. The fourth-order valence-corrected chi connectivity index (χ4v) is 6.61. The summed E-state index contributed by atoms with van der Waals surface area (Å²) in [5.74, 6) is 1.61. The Bertz CT molecular complexity index is 2320. The van der Waals surface area contributed by atoms with E-state index < -0.39 is 0 Å². The second kappa shape index (κ2) is 13.6. The van der Waals surface area contributed by atoms with Gasteiger partial charge in [0.25, 0.3) is 0 Å². The van der Waals surface area contributed by atoms with E-state index in [9.17, 15) is 5.11 Å². The number of phenols is 1. The first kappa shape index (κ1) is 32.8. The monoisotopic (exact) mass is 653 g/mol. The fourth-order valence-electron chi connectivity index (χ4n) is 6.61. The van der Waals surface area contributed by atoms with Crippen molar-refractivity contribution in [2.75, 3.05) is 0 Å². The van der Waals surface area contributed by atoms with Crippen molar-refractivity contribution in [2.45, 2.75) is 46.5 Å². The molecule has 7 rings (SSSR count). The van der Waals surface area contributed by atoms with Crippen LogP contribution in [0.4, 0.5) is 5.69 Å². The topological polar surface area (TPSA) is 50.4 Å². The number of hydrogen-bond acceptors (Lipinski definition) is 3. The Kier molecular flexibility index (Phi) is 8.95. The van der Waals surface area contributed by atoms with Gasteiger partial charge in [-0.25, -0.2) is 4.98 Å². The quantitative estimate of drug-likeness (QED) is 0.166. The highest BCUT2D eigenvalue weighted by Gasteiger charge is 2.20. The second-order valence-corrected chi connectivity index (χ2v) is 14.5. The molecule has 4 nitrogen and oxygen atoms in total. The van der Waals surface area contributed by atoms with Gasteiger partial charge < -0.3 is 5.11 Å². The summed E-state index contributed by atoms with van der Waals surface area (Å²) >= 11 is 0. The van der Waals surface area contributed by atoms with E-state index >= 15 is 0 Å². The van der Waals surface area contributed by atoms with Gasteiger partial charge in [-0.1, -0.05) is 126 Å². The Hall–Kier alpha value is -5.74. The molecule has 0 fully saturated rings. The molecule has 0 spiro atoms. The summed E-state index contributed by atoms with van der Waals surface area (Å²) < 4.78 is 2.23. The maximum absolute atomic E-state index is 10.7. The zero-order chi connectivity index (χ0) is 34.8. The Morgan fingerprint density at radius 2 is 1.38 bits per heavy atom. The Morgan fingerprint density at radius 1 is 0.700 bits per heavy atom. The number of imidazole rings is 1. The summed E-state index contributed by atoms with van der Waals surface area (Å²) in [6, 6.07) is 48.3. The summed E-state index contributed by atoms with van der Waals surface area (Å²) in [4.78, 5) is 10.4. The Labute approximate surface area is 295 Å². The SMILES string of the molecule is CC(C)Cc1cccc(-c2cccc(-c3cccc4c3nc(-c3ccccc3N=Cc3cc(C(C)(C)C)ccc3O)n4-c3ccccc3)c2)c1. The molecule has 0 atom stereocenters. The van der Waals surface area contributed by atoms with Gasteiger partial charge in [-0.3, -0.25) is 9.56 Å². The highest BCUT2D eigenvalue weighted by atomic mass is 16.3. The summed E-state index contributed by atoms with van der Waals surface area (Å²) in [6.07, 6.45) is 2.81. The van der Waals surface area contributed by atoms with Gasteiger partial charge in [-0.2, -0.15) is 0 Å². The minimum absolute atomic E-state index is 0.0518. The van der Waals surface area contributed by atoms with Crippen LogP contribution in [0.5, 0.6) is 5.75 Å². The number of fused-ring (bicyclic) bond motifs is 1. The van der Waals surface area contributed by atoms with Crippen LogP contribution in [0.1, 0.15) is 51.3 Å². The van der Waals surface area contributed by atoms with Gasteiger partial charge in [0.15, 0.2) is 0 Å². The molecule has 6 aromatic carbocycles. The van der Waals surface area contributed by atoms with E-state index in [1.54, 1.807) is 12.3 Å². The van der Waals surface area contributed by atoms with E-state index in [-0.39, 0.29) is 11.2 Å². The van der Waals surface area contributed by atoms with Crippen LogP contribution in [-0.2, 0) is 11.8 Å². The van der Waals surface area contributed by atoms with Gasteiger partial charge in [0.2, 0.25) is 0 Å². The van der Waals surface area contributed by atoms with E-state index in [0.29, 0.717) is 11.5 Å². The van der Waals surface area contributed by atoms with Crippen LogP contribution in [0.15, 0.2) is 145 Å². The van der Waals surface area contributed by atoms with Crippen molar-refractivity contribution in [1.82, 2.24) is 9.55 Å². The lowest BCUT2D eigenvalue weighted by atomic mass is 9.86. The maximum Gasteiger partial charge on any atom is 0.147 e. The van der Waals surface area contributed by atoms with Crippen molar-refractivity contribution in [3.8, 4) is 45.1 Å². The molecule has 0 bridgehead atoms. The number of benzene rings is 6. The Balaban J connectivity index is 1.37. The van der Waals surface area contributed by atoms with Crippen LogP contribution >= 0.6 is 0 Å². The zero-order valence-electron chi connectivity index (χ0n) is 29.4. The van der Waals surface area contributed by atoms with Crippen LogP contribution in [0.3, 0.4) is 0 Å². The predicted octanol–water partition coefficient (Wildman–Crippen LogP) is 12.0. The molecule has 0 saturated heterocycles. The molecule has 4 heteroatoms. The first-order valence-corrected chi connectivity index (χ1v) is 17.4. The molecular weight excluding hydrogens is 611 g/mol. The van der Waals surface area contributed by atoms with E-state index in [1.165, 1.54) is 16.7 Å². The molecular formula is C46H43N3O. The molecule has 1 N–H and O–H groups in total. The minimum Gasteiger partial charge on any atom is -0.507 e. The van der Waals surface area contributed by atoms with Gasteiger partial charge in [0.05, 0.1) is 16.7 Å². The smallest absolute Gasteiger partial charge is 0.147 e. The van der Waals surface area contributed by atoms with E-state index in [0.717, 1.165) is 56.9 Å². The third kappa shape index (κ3) is 6.75. The number of hydrogen-bond donors (Lipinski definition) is 1. The van der Waals surface area contributed by atoms with E-state index in [2.05, 4.69) is 136 Å². The second-order valence-electron chi connectivity index (χ2n) is 14.5. The predicted molar refractivity (Wildman–Crippen MR) is 210 cm³/mol. The van der Waals surface area contributed by atoms with Crippen molar-refractivity contribution in [3.63, 3.8) is 0 Å². The number of aromatic hydroxyl groups is 1. The molecule has 248 valence electrons. The van der Waals surface area contributed by atoms with E-state index in [4.69, 9.17) is 9.98 Å². The van der Waals surface area contributed by atoms with Gasteiger partial charge in [0, 0.05) is 28.6 Å². The number of phenolic OH excluding ortho intramolecular Hbond substituents is 1. The largest absolute Gasteiger partial charge is 0.507 e. The number of aromatic nitrogens is 2. The lowest BCUT2D eigenvalue weighted by Gasteiger charge is -2.19. The standard InChI is InChI=1S/C46H43N3O/c1-31(2)26-32-14-11-15-33(27-32)34-16-12-17-35(28-34)39-21-13-23-42-44(39)48-45(49(42)38-18-7-6-8-19-38)40-20-9-10-22-41(40)47-30-36-29-37(46(3,4)5)24-25-43(36)50/h6-25,27-31,50H,26H2,1-5H3. The summed E-state index contributed by atoms with van der Waals surface area (Å²) in [6.45, 7) is 11.0. The summed E-state index contributed by atoms with van der Waals surface area (Å²) in [7, 11) is 0. The lowest BCUT2D eigenvalue weighted by molar-refractivity contribution is 0.473. The maximum atomic E-state index is 10.7. The van der Waals surface area contributed by atoms with Gasteiger partial charge in [-0.05, 0) is 94.1 Å². The zero-order valence-corrected chi connectivity index (χ0v) is 29.4.